The molecule has 0 aliphatic carbocycles. The van der Waals surface area contributed by atoms with E-state index in [0.29, 0.717) is 5.17 Å². The van der Waals surface area contributed by atoms with Gasteiger partial charge in [-0.15, -0.1) is 0 Å². The summed E-state index contributed by atoms with van der Waals surface area (Å²) in [5.41, 5.74) is 7.08. The summed E-state index contributed by atoms with van der Waals surface area (Å²) in [6.45, 7) is 0. The predicted octanol–water partition coefficient (Wildman–Crippen LogP) is 2.47. The molecular weight excluding hydrogens is 246 g/mol. The van der Waals surface area contributed by atoms with Crippen molar-refractivity contribution >= 4 is 45.0 Å². The Morgan fingerprint density at radius 3 is 2.83 bits per heavy atom. The first-order valence-corrected chi connectivity index (χ1v) is 6.51. The van der Waals surface area contributed by atoms with Crippen molar-refractivity contribution in [1.82, 2.24) is 0 Å². The van der Waals surface area contributed by atoms with E-state index in [1.54, 1.807) is 0 Å². The fourth-order valence-electron chi connectivity index (χ4n) is 1.98. The highest BCUT2D eigenvalue weighted by Gasteiger charge is 2.14. The lowest BCUT2D eigenvalue weighted by molar-refractivity contribution is -0.115. The van der Waals surface area contributed by atoms with Gasteiger partial charge in [-0.2, -0.15) is 0 Å². The molecule has 1 aliphatic rings. The molecule has 0 spiro atoms. The zero-order chi connectivity index (χ0) is 12.5. The standard InChI is InChI=1S/C13H11N3OS/c14-11(17)7-18-13-15-9-5-1-3-8-4-2-6-10(16-13)12(8)9/h1-6H,7H2,(H2,14,17)(H,15,16). The molecule has 0 radical (unpaired) electrons. The Labute approximate surface area is 108 Å². The van der Waals surface area contributed by atoms with Crippen LogP contribution in [0.4, 0.5) is 11.4 Å². The molecule has 1 aliphatic heterocycles. The molecule has 0 fully saturated rings. The van der Waals surface area contributed by atoms with Crippen LogP contribution >= 0.6 is 11.8 Å². The van der Waals surface area contributed by atoms with Crippen LogP contribution in [0.3, 0.4) is 0 Å². The van der Waals surface area contributed by atoms with Gasteiger partial charge in [-0.3, -0.25) is 4.79 Å². The first kappa shape index (κ1) is 11.1. The number of carbonyl (C=O) groups excluding carboxylic acids is 1. The van der Waals surface area contributed by atoms with E-state index < -0.39 is 0 Å². The molecule has 4 nitrogen and oxygen atoms in total. The monoisotopic (exact) mass is 257 g/mol. The first-order chi connectivity index (χ1) is 8.74. The van der Waals surface area contributed by atoms with Gasteiger partial charge in [-0.05, 0) is 17.5 Å². The second kappa shape index (κ2) is 4.34. The number of carbonyl (C=O) groups is 1. The summed E-state index contributed by atoms with van der Waals surface area (Å²) in [5.74, 6) is -0.120. The average molecular weight is 257 g/mol. The number of nitrogens with two attached hydrogens (primary N) is 1. The molecular formula is C13H11N3OS. The number of amidine groups is 1. The van der Waals surface area contributed by atoms with Gasteiger partial charge >= 0.3 is 0 Å². The number of anilines is 1. The van der Waals surface area contributed by atoms with E-state index >= 15 is 0 Å². The second-order valence-electron chi connectivity index (χ2n) is 3.98. The minimum atomic E-state index is -0.346. The summed E-state index contributed by atoms with van der Waals surface area (Å²) in [6, 6.07) is 12.1. The molecule has 90 valence electrons. The quantitative estimate of drug-likeness (QED) is 0.868. The third kappa shape index (κ3) is 1.93. The van der Waals surface area contributed by atoms with Crippen LogP contribution in [0, 0.1) is 0 Å². The van der Waals surface area contributed by atoms with Gasteiger partial charge in [0, 0.05) is 5.39 Å². The number of amides is 1. The van der Waals surface area contributed by atoms with Crippen molar-refractivity contribution < 1.29 is 4.79 Å². The van der Waals surface area contributed by atoms with Crippen molar-refractivity contribution in [3.05, 3.63) is 36.4 Å². The van der Waals surface area contributed by atoms with Gasteiger partial charge < -0.3 is 11.1 Å². The third-order valence-corrected chi connectivity index (χ3v) is 3.59. The van der Waals surface area contributed by atoms with E-state index in [1.165, 1.54) is 11.8 Å². The number of hydrogen-bond acceptors (Lipinski definition) is 4. The van der Waals surface area contributed by atoms with Crippen LogP contribution in [-0.2, 0) is 4.79 Å². The van der Waals surface area contributed by atoms with E-state index in [0.717, 1.165) is 22.1 Å². The molecule has 2 aromatic rings. The van der Waals surface area contributed by atoms with Crippen LogP contribution in [0.15, 0.2) is 41.4 Å². The molecule has 18 heavy (non-hydrogen) atoms. The Morgan fingerprint density at radius 1 is 1.28 bits per heavy atom. The lowest BCUT2D eigenvalue weighted by Crippen LogP contribution is -2.18. The van der Waals surface area contributed by atoms with Crippen LogP contribution in [0.2, 0.25) is 0 Å². The summed E-state index contributed by atoms with van der Waals surface area (Å²) in [6.07, 6.45) is 0. The molecule has 3 N–H and O–H groups in total. The zero-order valence-corrected chi connectivity index (χ0v) is 10.3. The predicted molar refractivity (Wildman–Crippen MR) is 76.3 cm³/mol. The second-order valence-corrected chi connectivity index (χ2v) is 4.94. The molecule has 0 aromatic heterocycles. The highest BCUT2D eigenvalue weighted by Crippen LogP contribution is 2.36. The van der Waals surface area contributed by atoms with Crippen molar-refractivity contribution in [2.75, 3.05) is 11.1 Å². The van der Waals surface area contributed by atoms with Crippen LogP contribution in [0.1, 0.15) is 0 Å². The maximum atomic E-state index is 10.8. The van der Waals surface area contributed by atoms with E-state index in [-0.39, 0.29) is 11.7 Å². The van der Waals surface area contributed by atoms with Gasteiger partial charge in [-0.1, -0.05) is 36.0 Å². The van der Waals surface area contributed by atoms with Crippen molar-refractivity contribution in [2.24, 2.45) is 10.7 Å². The minimum Gasteiger partial charge on any atom is -0.369 e. The largest absolute Gasteiger partial charge is 0.369 e. The normalized spacial score (nSPS) is 13.0. The van der Waals surface area contributed by atoms with E-state index in [1.807, 2.05) is 24.3 Å². The zero-order valence-electron chi connectivity index (χ0n) is 9.51. The number of hydrogen-bond donors (Lipinski definition) is 2. The number of aliphatic imine (C=N–C) groups is 1. The fourth-order valence-corrected chi connectivity index (χ4v) is 2.60. The maximum Gasteiger partial charge on any atom is 0.227 e. The molecule has 1 amide bonds. The van der Waals surface area contributed by atoms with E-state index in [2.05, 4.69) is 22.4 Å². The highest BCUT2D eigenvalue weighted by atomic mass is 32.2. The summed E-state index contributed by atoms with van der Waals surface area (Å²) in [4.78, 5) is 15.3. The van der Waals surface area contributed by atoms with Gasteiger partial charge in [0.2, 0.25) is 5.91 Å². The number of thioether (sulfide) groups is 1. The third-order valence-electron chi connectivity index (χ3n) is 2.70. The fraction of sp³-hybridized carbons (Fsp3) is 0.0769. The van der Waals surface area contributed by atoms with Crippen molar-refractivity contribution in [3.63, 3.8) is 0 Å². The van der Waals surface area contributed by atoms with Crippen molar-refractivity contribution in [3.8, 4) is 0 Å². The Kier molecular flexibility index (Phi) is 2.68. The lowest BCUT2D eigenvalue weighted by Gasteiger charge is -2.17. The van der Waals surface area contributed by atoms with Crippen LogP contribution in [0.25, 0.3) is 10.8 Å². The minimum absolute atomic E-state index is 0.226. The van der Waals surface area contributed by atoms with Gasteiger partial charge in [0.1, 0.15) is 0 Å². The average Bonchev–Trinajstić information content (AvgIpc) is 2.37. The Bertz CT molecular complexity index is 661. The van der Waals surface area contributed by atoms with Gasteiger partial charge in [0.15, 0.2) is 5.17 Å². The summed E-state index contributed by atoms with van der Waals surface area (Å²) < 4.78 is 0. The molecule has 1 heterocycles. The number of primary amides is 1. The van der Waals surface area contributed by atoms with Crippen LogP contribution in [-0.4, -0.2) is 16.8 Å². The summed E-state index contributed by atoms with van der Waals surface area (Å²) >= 11 is 1.32. The van der Waals surface area contributed by atoms with E-state index in [4.69, 9.17) is 5.73 Å². The topological polar surface area (TPSA) is 67.5 Å². The van der Waals surface area contributed by atoms with Gasteiger partial charge in [-0.25, -0.2) is 4.99 Å². The lowest BCUT2D eigenvalue weighted by atomic mass is 10.1. The smallest absolute Gasteiger partial charge is 0.227 e. The molecule has 5 heteroatoms. The molecule has 0 bridgehead atoms. The number of nitrogens with zero attached hydrogens (tertiary/aromatic N) is 1. The Balaban J connectivity index is 2.03. The summed E-state index contributed by atoms with van der Waals surface area (Å²) in [5, 5.41) is 6.20. The number of rotatable bonds is 2. The summed E-state index contributed by atoms with van der Waals surface area (Å²) in [7, 11) is 0. The Morgan fingerprint density at radius 2 is 2.06 bits per heavy atom. The SMILES string of the molecule is NC(=O)CSC1=Nc2cccc3cccc(c23)N1. The van der Waals surface area contributed by atoms with Gasteiger partial charge in [0.25, 0.3) is 0 Å². The van der Waals surface area contributed by atoms with E-state index in [9.17, 15) is 4.79 Å². The molecule has 0 saturated heterocycles. The molecule has 2 aromatic carbocycles. The molecule has 0 unspecified atom stereocenters. The Hall–Kier alpha value is -2.01. The first-order valence-electron chi connectivity index (χ1n) is 5.52. The van der Waals surface area contributed by atoms with Crippen molar-refractivity contribution in [1.29, 1.82) is 0 Å². The van der Waals surface area contributed by atoms with Crippen LogP contribution < -0.4 is 11.1 Å². The number of benzene rings is 2. The molecule has 3 rings (SSSR count). The molecule has 0 atom stereocenters. The van der Waals surface area contributed by atoms with Crippen molar-refractivity contribution in [2.45, 2.75) is 0 Å². The number of nitrogens with one attached hydrogen (secondary N) is 1. The maximum absolute atomic E-state index is 10.8. The van der Waals surface area contributed by atoms with Gasteiger partial charge in [0.05, 0.1) is 17.1 Å². The highest BCUT2D eigenvalue weighted by molar-refractivity contribution is 8.14. The van der Waals surface area contributed by atoms with Crippen LogP contribution in [0.5, 0.6) is 0 Å². The molecule has 0 saturated carbocycles.